The van der Waals surface area contributed by atoms with Crippen molar-refractivity contribution in [2.24, 2.45) is 0 Å². The monoisotopic (exact) mass is 364 g/mol. The third-order valence-electron chi connectivity index (χ3n) is 5.84. The van der Waals surface area contributed by atoms with Gasteiger partial charge in [-0.2, -0.15) is 0 Å². The van der Waals surface area contributed by atoms with Crippen molar-refractivity contribution >= 4 is 11.1 Å². The summed E-state index contributed by atoms with van der Waals surface area (Å²) in [6, 6.07) is 15.6. The second-order valence-corrected chi connectivity index (χ2v) is 7.86. The van der Waals surface area contributed by atoms with E-state index in [1.807, 2.05) is 12.1 Å². The number of benzene rings is 2. The first kappa shape index (κ1) is 18.1. The van der Waals surface area contributed by atoms with E-state index in [9.17, 15) is 4.79 Å². The largest absolute Gasteiger partial charge is 0.417 e. The molecule has 3 aromatic rings. The zero-order valence-electron chi connectivity index (χ0n) is 16.0. The Morgan fingerprint density at radius 2 is 1.85 bits per heavy atom. The lowest BCUT2D eigenvalue weighted by molar-refractivity contribution is 0.342. The third-order valence-corrected chi connectivity index (χ3v) is 5.84. The molecule has 1 heterocycles. The minimum Gasteiger partial charge on any atom is -0.408 e. The molecule has 0 aliphatic heterocycles. The van der Waals surface area contributed by atoms with Crippen molar-refractivity contribution in [3.05, 3.63) is 69.7 Å². The molecular weight excluding hydrogens is 336 g/mol. The molecule has 0 saturated heterocycles. The maximum absolute atomic E-state index is 11.3. The van der Waals surface area contributed by atoms with E-state index in [1.54, 1.807) is 0 Å². The minimum absolute atomic E-state index is 0.374. The average molecular weight is 364 g/mol. The highest BCUT2D eigenvalue weighted by Crippen LogP contribution is 2.33. The van der Waals surface area contributed by atoms with Crippen molar-refractivity contribution in [2.75, 3.05) is 6.54 Å². The Morgan fingerprint density at radius 3 is 2.63 bits per heavy atom. The van der Waals surface area contributed by atoms with Gasteiger partial charge in [-0.25, -0.2) is 4.79 Å². The lowest BCUT2D eigenvalue weighted by Crippen LogP contribution is -2.33. The summed E-state index contributed by atoms with van der Waals surface area (Å²) in [5, 5.41) is 3.74. The molecule has 0 amide bonds. The first-order valence-corrected chi connectivity index (χ1v) is 10.1. The standard InChI is InChI=1S/C23H28N2O2/c1-16-4-6-17(7-5-16)3-2-14-24-20-11-8-18(9-12-20)19-10-13-21-22(15-19)27-23(26)25-21/h4-7,10,13,15,18,20,24H,2-3,8-9,11-12,14H2,1H3,(H,25,26)/t18-,20-. The van der Waals surface area contributed by atoms with Crippen LogP contribution >= 0.6 is 0 Å². The molecule has 0 radical (unpaired) electrons. The number of hydrogen-bond donors (Lipinski definition) is 2. The number of hydrogen-bond acceptors (Lipinski definition) is 3. The van der Waals surface area contributed by atoms with E-state index in [-0.39, 0.29) is 5.76 Å². The van der Waals surface area contributed by atoms with Gasteiger partial charge in [0.25, 0.3) is 0 Å². The smallest absolute Gasteiger partial charge is 0.408 e. The third kappa shape index (κ3) is 4.51. The number of aromatic amines is 1. The van der Waals surface area contributed by atoms with Gasteiger partial charge in [0.05, 0.1) is 5.52 Å². The highest BCUT2D eigenvalue weighted by Gasteiger charge is 2.22. The Labute approximate surface area is 160 Å². The van der Waals surface area contributed by atoms with Gasteiger partial charge in [0.15, 0.2) is 5.58 Å². The molecule has 0 bridgehead atoms. The van der Waals surface area contributed by atoms with Crippen molar-refractivity contribution < 1.29 is 4.42 Å². The van der Waals surface area contributed by atoms with Gasteiger partial charge in [-0.15, -0.1) is 0 Å². The zero-order chi connectivity index (χ0) is 18.6. The van der Waals surface area contributed by atoms with Crippen molar-refractivity contribution in [1.29, 1.82) is 0 Å². The van der Waals surface area contributed by atoms with Crippen LogP contribution in [-0.2, 0) is 6.42 Å². The Bertz CT molecular complexity index is 931. The molecule has 4 nitrogen and oxygen atoms in total. The molecule has 1 fully saturated rings. The summed E-state index contributed by atoms with van der Waals surface area (Å²) in [5.74, 6) is 0.195. The number of fused-ring (bicyclic) bond motifs is 1. The van der Waals surface area contributed by atoms with E-state index in [1.165, 1.54) is 48.8 Å². The summed E-state index contributed by atoms with van der Waals surface area (Å²) in [5.41, 5.74) is 5.51. The Kier molecular flexibility index (Phi) is 5.44. The summed E-state index contributed by atoms with van der Waals surface area (Å²) >= 11 is 0. The number of rotatable bonds is 6. The highest BCUT2D eigenvalue weighted by atomic mass is 16.4. The first-order chi connectivity index (χ1) is 13.2. The molecule has 0 atom stereocenters. The maximum Gasteiger partial charge on any atom is 0.417 e. The fourth-order valence-corrected chi connectivity index (χ4v) is 4.20. The lowest BCUT2D eigenvalue weighted by Gasteiger charge is -2.29. The minimum atomic E-state index is -0.374. The van der Waals surface area contributed by atoms with Gasteiger partial charge in [-0.1, -0.05) is 35.9 Å². The van der Waals surface area contributed by atoms with Crippen LogP contribution in [0.4, 0.5) is 0 Å². The molecule has 1 aliphatic carbocycles. The lowest BCUT2D eigenvalue weighted by atomic mass is 9.81. The summed E-state index contributed by atoms with van der Waals surface area (Å²) in [6.07, 6.45) is 7.14. The summed E-state index contributed by atoms with van der Waals surface area (Å²) < 4.78 is 5.21. The van der Waals surface area contributed by atoms with Crippen LogP contribution in [0.15, 0.2) is 51.7 Å². The SMILES string of the molecule is Cc1ccc(CCCN[C@H]2CC[C@H](c3ccc4[nH]c(=O)oc4c3)CC2)cc1. The predicted octanol–water partition coefficient (Wildman–Crippen LogP) is 4.68. The number of nitrogens with one attached hydrogen (secondary N) is 2. The van der Waals surface area contributed by atoms with Crippen LogP contribution in [0.2, 0.25) is 0 Å². The number of H-pyrrole nitrogens is 1. The first-order valence-electron chi connectivity index (χ1n) is 10.1. The molecule has 4 rings (SSSR count). The van der Waals surface area contributed by atoms with Gasteiger partial charge in [0.1, 0.15) is 0 Å². The molecule has 27 heavy (non-hydrogen) atoms. The van der Waals surface area contributed by atoms with Gasteiger partial charge >= 0.3 is 5.76 Å². The molecule has 0 unspecified atom stereocenters. The fraction of sp³-hybridized carbons (Fsp3) is 0.435. The number of aromatic nitrogens is 1. The molecular formula is C23H28N2O2. The second kappa shape index (κ2) is 8.13. The second-order valence-electron chi connectivity index (χ2n) is 7.86. The van der Waals surface area contributed by atoms with Crippen molar-refractivity contribution in [3.63, 3.8) is 0 Å². The molecule has 1 aliphatic rings. The van der Waals surface area contributed by atoms with Crippen LogP contribution < -0.4 is 11.1 Å². The van der Waals surface area contributed by atoms with Crippen LogP contribution in [0, 0.1) is 6.92 Å². The van der Waals surface area contributed by atoms with Crippen LogP contribution in [0.3, 0.4) is 0 Å². The van der Waals surface area contributed by atoms with E-state index in [0.29, 0.717) is 17.5 Å². The van der Waals surface area contributed by atoms with Crippen LogP contribution in [0.1, 0.15) is 54.7 Å². The van der Waals surface area contributed by atoms with Gasteiger partial charge in [0, 0.05) is 6.04 Å². The highest BCUT2D eigenvalue weighted by molar-refractivity contribution is 5.72. The molecule has 142 valence electrons. The zero-order valence-corrected chi connectivity index (χ0v) is 16.0. The molecule has 2 N–H and O–H groups in total. The van der Waals surface area contributed by atoms with E-state index in [4.69, 9.17) is 4.42 Å². The Balaban J connectivity index is 1.22. The molecule has 1 saturated carbocycles. The van der Waals surface area contributed by atoms with Crippen molar-refractivity contribution in [1.82, 2.24) is 10.3 Å². The average Bonchev–Trinajstić information content (AvgIpc) is 3.06. The molecule has 0 spiro atoms. The van der Waals surface area contributed by atoms with E-state index in [2.05, 4.69) is 47.6 Å². The van der Waals surface area contributed by atoms with E-state index < -0.39 is 0 Å². The Morgan fingerprint density at radius 1 is 1.07 bits per heavy atom. The normalized spacial score (nSPS) is 20.2. The van der Waals surface area contributed by atoms with Gasteiger partial charge in [-0.05, 0) is 81.2 Å². The van der Waals surface area contributed by atoms with Gasteiger partial charge < -0.3 is 9.73 Å². The summed E-state index contributed by atoms with van der Waals surface area (Å²) in [7, 11) is 0. The molecule has 2 aromatic carbocycles. The van der Waals surface area contributed by atoms with Crippen molar-refractivity contribution in [2.45, 2.75) is 57.4 Å². The van der Waals surface area contributed by atoms with Crippen molar-refractivity contribution in [3.8, 4) is 0 Å². The topological polar surface area (TPSA) is 58.0 Å². The van der Waals surface area contributed by atoms with E-state index in [0.717, 1.165) is 18.5 Å². The van der Waals surface area contributed by atoms with Crippen LogP contribution in [-0.4, -0.2) is 17.6 Å². The molecule has 1 aromatic heterocycles. The van der Waals surface area contributed by atoms with Gasteiger partial charge in [0.2, 0.25) is 0 Å². The Hall–Kier alpha value is -2.33. The summed E-state index contributed by atoms with van der Waals surface area (Å²) in [4.78, 5) is 14.0. The quantitative estimate of drug-likeness (QED) is 0.625. The number of aryl methyl sites for hydroxylation is 2. The van der Waals surface area contributed by atoms with Gasteiger partial charge in [-0.3, -0.25) is 4.98 Å². The molecule has 4 heteroatoms. The van der Waals surface area contributed by atoms with Crippen LogP contribution in [0.25, 0.3) is 11.1 Å². The predicted molar refractivity (Wildman–Crippen MR) is 109 cm³/mol. The van der Waals surface area contributed by atoms with Crippen LogP contribution in [0.5, 0.6) is 0 Å². The fourth-order valence-electron chi connectivity index (χ4n) is 4.20. The summed E-state index contributed by atoms with van der Waals surface area (Å²) in [6.45, 7) is 3.22. The number of oxazole rings is 1. The van der Waals surface area contributed by atoms with E-state index >= 15 is 0 Å². The maximum atomic E-state index is 11.3.